The van der Waals surface area contributed by atoms with E-state index in [1.807, 2.05) is 13.8 Å². The molecule has 0 aliphatic heterocycles. The maximum atomic E-state index is 2.28. The van der Waals surface area contributed by atoms with E-state index in [9.17, 15) is 0 Å². The Labute approximate surface area is 125 Å². The second kappa shape index (κ2) is 7.89. The zero-order chi connectivity index (χ0) is 14.5. The summed E-state index contributed by atoms with van der Waals surface area (Å²) >= 11 is 0. The Balaban J connectivity index is 0.00000115. The third-order valence-corrected chi connectivity index (χ3v) is 3.55. The van der Waals surface area contributed by atoms with Gasteiger partial charge in [0.25, 0.3) is 0 Å². The van der Waals surface area contributed by atoms with Crippen molar-refractivity contribution >= 4 is 0 Å². The molecule has 0 bridgehead atoms. The van der Waals surface area contributed by atoms with Gasteiger partial charge in [-0.25, -0.2) is 0 Å². The molecule has 0 N–H and O–H groups in total. The molecule has 110 valence electrons. The fraction of sp³-hybridized carbons (Fsp3) is 0.400. The molecule has 2 rings (SSSR count). The Morgan fingerprint density at radius 2 is 0.850 bits per heavy atom. The molecule has 0 saturated carbocycles. The van der Waals surface area contributed by atoms with Gasteiger partial charge in [-0.15, -0.1) is 0 Å². The maximum Gasteiger partial charge on any atom is 0.0146 e. The third-order valence-electron chi connectivity index (χ3n) is 3.55. The van der Waals surface area contributed by atoms with E-state index < -0.39 is 0 Å². The molecule has 2 aromatic carbocycles. The van der Waals surface area contributed by atoms with Gasteiger partial charge in [0.2, 0.25) is 0 Å². The van der Waals surface area contributed by atoms with Crippen LogP contribution in [-0.2, 0) is 5.41 Å². The summed E-state index contributed by atoms with van der Waals surface area (Å²) < 4.78 is 0. The van der Waals surface area contributed by atoms with E-state index >= 15 is 0 Å². The summed E-state index contributed by atoms with van der Waals surface area (Å²) in [5.41, 5.74) is 5.43. The van der Waals surface area contributed by atoms with E-state index in [-0.39, 0.29) is 12.8 Å². The van der Waals surface area contributed by atoms with Crippen molar-refractivity contribution in [2.75, 3.05) is 0 Å². The van der Waals surface area contributed by atoms with Gasteiger partial charge in [-0.3, -0.25) is 0 Å². The SMILES string of the molecule is C.CC.Cc1ccc(C(C)(C)c2ccc(C)cc2)cc1. The van der Waals surface area contributed by atoms with Gasteiger partial charge < -0.3 is 0 Å². The first-order valence-corrected chi connectivity index (χ1v) is 7.14. The third kappa shape index (κ3) is 4.23. The topological polar surface area (TPSA) is 0 Å². The normalized spacial score (nSPS) is 10.1. The second-order valence-electron chi connectivity index (χ2n) is 5.36. The van der Waals surface area contributed by atoms with Gasteiger partial charge in [0.1, 0.15) is 0 Å². The molecular weight excluding hydrogens is 240 g/mol. The molecule has 0 heteroatoms. The largest absolute Gasteiger partial charge is 0.0776 e. The lowest BCUT2D eigenvalue weighted by atomic mass is 9.78. The molecule has 20 heavy (non-hydrogen) atoms. The minimum absolute atomic E-state index is 0. The van der Waals surface area contributed by atoms with Gasteiger partial charge in [-0.2, -0.15) is 0 Å². The van der Waals surface area contributed by atoms with Crippen molar-refractivity contribution in [1.82, 2.24) is 0 Å². The summed E-state index contributed by atoms with van der Waals surface area (Å²) in [5.74, 6) is 0. The summed E-state index contributed by atoms with van der Waals surface area (Å²) in [6.45, 7) is 12.8. The lowest BCUT2D eigenvalue weighted by Crippen LogP contribution is -2.18. The number of aryl methyl sites for hydroxylation is 2. The molecule has 0 radical (unpaired) electrons. The highest BCUT2D eigenvalue weighted by molar-refractivity contribution is 5.39. The lowest BCUT2D eigenvalue weighted by Gasteiger charge is -2.26. The predicted molar refractivity (Wildman–Crippen MR) is 92.6 cm³/mol. The Hall–Kier alpha value is -1.56. The van der Waals surface area contributed by atoms with Crippen LogP contribution in [0.1, 0.15) is 57.4 Å². The summed E-state index contributed by atoms with van der Waals surface area (Å²) in [5, 5.41) is 0. The van der Waals surface area contributed by atoms with Crippen molar-refractivity contribution in [2.24, 2.45) is 0 Å². The first-order valence-electron chi connectivity index (χ1n) is 7.14. The second-order valence-corrected chi connectivity index (χ2v) is 5.36. The zero-order valence-electron chi connectivity index (χ0n) is 13.1. The summed E-state index contributed by atoms with van der Waals surface area (Å²) in [4.78, 5) is 0. The molecule has 0 atom stereocenters. The molecule has 0 nitrogen and oxygen atoms in total. The smallest absolute Gasteiger partial charge is 0.0146 e. The molecule has 0 amide bonds. The fourth-order valence-electron chi connectivity index (χ4n) is 2.11. The van der Waals surface area contributed by atoms with Gasteiger partial charge in [-0.1, -0.05) is 94.8 Å². The minimum Gasteiger partial charge on any atom is -0.0776 e. The van der Waals surface area contributed by atoms with E-state index in [2.05, 4.69) is 76.2 Å². The molecule has 0 aliphatic rings. The van der Waals surface area contributed by atoms with Crippen molar-refractivity contribution in [3.63, 3.8) is 0 Å². The number of hydrogen-bond donors (Lipinski definition) is 0. The van der Waals surface area contributed by atoms with Crippen molar-refractivity contribution in [1.29, 1.82) is 0 Å². The van der Waals surface area contributed by atoms with Crippen LogP contribution in [0.25, 0.3) is 0 Å². The first kappa shape index (κ1) is 18.4. The van der Waals surface area contributed by atoms with Gasteiger partial charge in [-0.05, 0) is 25.0 Å². The summed E-state index contributed by atoms with van der Waals surface area (Å²) in [6.07, 6.45) is 0. The Morgan fingerprint density at radius 1 is 0.600 bits per heavy atom. The van der Waals surface area contributed by atoms with Crippen LogP contribution in [0.2, 0.25) is 0 Å². The van der Waals surface area contributed by atoms with Crippen LogP contribution in [0.3, 0.4) is 0 Å². The predicted octanol–water partition coefficient (Wildman–Crippen LogP) is 6.29. The van der Waals surface area contributed by atoms with Crippen LogP contribution in [0.15, 0.2) is 48.5 Å². The molecule has 0 heterocycles. The Bertz CT molecular complexity index is 439. The van der Waals surface area contributed by atoms with Crippen LogP contribution in [0.4, 0.5) is 0 Å². The maximum absolute atomic E-state index is 2.28. The lowest BCUT2D eigenvalue weighted by molar-refractivity contribution is 0.640. The van der Waals surface area contributed by atoms with E-state index in [0.29, 0.717) is 0 Å². The van der Waals surface area contributed by atoms with Crippen LogP contribution < -0.4 is 0 Å². The number of hydrogen-bond acceptors (Lipinski definition) is 0. The molecule has 0 aliphatic carbocycles. The molecule has 0 saturated heterocycles. The van der Waals surface area contributed by atoms with E-state index in [4.69, 9.17) is 0 Å². The first-order chi connectivity index (χ1) is 9.00. The summed E-state index contributed by atoms with van der Waals surface area (Å²) in [6, 6.07) is 17.7. The average molecular weight is 270 g/mol. The van der Waals surface area contributed by atoms with Crippen LogP contribution in [0, 0.1) is 13.8 Å². The minimum atomic E-state index is 0. The highest BCUT2D eigenvalue weighted by Crippen LogP contribution is 2.31. The van der Waals surface area contributed by atoms with Gasteiger partial charge >= 0.3 is 0 Å². The van der Waals surface area contributed by atoms with Crippen LogP contribution in [0.5, 0.6) is 0 Å². The molecule has 0 aromatic heterocycles. The monoisotopic (exact) mass is 270 g/mol. The number of benzene rings is 2. The van der Waals surface area contributed by atoms with E-state index in [1.54, 1.807) is 0 Å². The van der Waals surface area contributed by atoms with Gasteiger partial charge in [0.15, 0.2) is 0 Å². The standard InChI is InChI=1S/C17H20.C2H6.CH4/c1-13-5-9-15(10-6-13)17(3,4)16-11-7-14(2)8-12-16;1-2;/h5-12H,1-4H3;1-2H3;1H4. The van der Waals surface area contributed by atoms with E-state index in [1.165, 1.54) is 22.3 Å². The Kier molecular flexibility index (Phi) is 7.28. The average Bonchev–Trinajstić information content (AvgIpc) is 2.42. The number of rotatable bonds is 2. The van der Waals surface area contributed by atoms with Crippen molar-refractivity contribution in [3.8, 4) is 0 Å². The van der Waals surface area contributed by atoms with Gasteiger partial charge in [0, 0.05) is 5.41 Å². The van der Waals surface area contributed by atoms with Crippen LogP contribution in [-0.4, -0.2) is 0 Å². The van der Waals surface area contributed by atoms with Crippen molar-refractivity contribution < 1.29 is 0 Å². The van der Waals surface area contributed by atoms with Crippen molar-refractivity contribution in [2.45, 2.75) is 54.4 Å². The highest BCUT2D eigenvalue weighted by Gasteiger charge is 2.22. The van der Waals surface area contributed by atoms with E-state index in [0.717, 1.165) is 0 Å². The fourth-order valence-corrected chi connectivity index (χ4v) is 2.11. The molecule has 2 aromatic rings. The molecule has 0 unspecified atom stereocenters. The molecule has 0 fully saturated rings. The Morgan fingerprint density at radius 3 is 1.10 bits per heavy atom. The van der Waals surface area contributed by atoms with Gasteiger partial charge in [0.05, 0.1) is 0 Å². The molecule has 0 spiro atoms. The quantitative estimate of drug-likeness (QED) is 0.601. The zero-order valence-corrected chi connectivity index (χ0v) is 13.1. The van der Waals surface area contributed by atoms with Crippen LogP contribution >= 0.6 is 0 Å². The molecular formula is C20H30. The summed E-state index contributed by atoms with van der Waals surface area (Å²) in [7, 11) is 0. The van der Waals surface area contributed by atoms with Crippen molar-refractivity contribution in [3.05, 3.63) is 70.8 Å². The highest BCUT2D eigenvalue weighted by atomic mass is 14.3.